The Hall–Kier alpha value is -2.32. The molecule has 0 atom stereocenters. The predicted octanol–water partition coefficient (Wildman–Crippen LogP) is 3.55. The predicted molar refractivity (Wildman–Crippen MR) is 76.8 cm³/mol. The molecule has 0 saturated heterocycles. The number of rotatable bonds is 3. The maximum absolute atomic E-state index is 12.0. The highest BCUT2D eigenvalue weighted by atomic mass is 79.9. The van der Waals surface area contributed by atoms with Crippen LogP contribution in [0, 0.1) is 11.3 Å². The number of ether oxygens (including phenoxy) is 2. The van der Waals surface area contributed by atoms with Gasteiger partial charge in [0.1, 0.15) is 0 Å². The molecule has 0 spiro atoms. The van der Waals surface area contributed by atoms with E-state index in [1.165, 1.54) is 19.2 Å². The minimum atomic E-state index is -0.486. The summed E-state index contributed by atoms with van der Waals surface area (Å²) in [6, 6.07) is 13.4. The fourth-order valence-corrected chi connectivity index (χ4v) is 1.83. The maximum atomic E-state index is 12.0. The maximum Gasteiger partial charge on any atom is 0.343 e. The monoisotopic (exact) mass is 331 g/mol. The topological polar surface area (TPSA) is 59.3 Å². The largest absolute Gasteiger partial charge is 0.493 e. The van der Waals surface area contributed by atoms with E-state index in [-0.39, 0.29) is 5.75 Å². The summed E-state index contributed by atoms with van der Waals surface area (Å²) in [5, 5.41) is 8.82. The quantitative estimate of drug-likeness (QED) is 0.637. The van der Waals surface area contributed by atoms with Crippen molar-refractivity contribution >= 4 is 21.9 Å². The number of methoxy groups -OCH3 is 1. The molecule has 5 heteroatoms. The van der Waals surface area contributed by atoms with Gasteiger partial charge in [-0.25, -0.2) is 4.79 Å². The highest BCUT2D eigenvalue weighted by Crippen LogP contribution is 2.28. The molecule has 0 fully saturated rings. The van der Waals surface area contributed by atoms with E-state index in [4.69, 9.17) is 14.7 Å². The van der Waals surface area contributed by atoms with Gasteiger partial charge in [-0.1, -0.05) is 15.9 Å². The summed E-state index contributed by atoms with van der Waals surface area (Å²) in [6.07, 6.45) is 0. The first-order valence-corrected chi connectivity index (χ1v) is 6.49. The van der Waals surface area contributed by atoms with Crippen LogP contribution in [0.4, 0.5) is 0 Å². The van der Waals surface area contributed by atoms with Gasteiger partial charge in [-0.05, 0) is 36.4 Å². The first-order valence-electron chi connectivity index (χ1n) is 5.70. The second-order valence-electron chi connectivity index (χ2n) is 3.87. The Labute approximate surface area is 124 Å². The molecule has 2 rings (SSSR count). The summed E-state index contributed by atoms with van der Waals surface area (Å²) in [5.74, 6) is 0.134. The van der Waals surface area contributed by atoms with Crippen molar-refractivity contribution in [3.63, 3.8) is 0 Å². The Kier molecular flexibility index (Phi) is 4.38. The Bertz CT molecular complexity index is 675. The Morgan fingerprint density at radius 2 is 1.85 bits per heavy atom. The van der Waals surface area contributed by atoms with E-state index in [0.29, 0.717) is 16.9 Å². The van der Waals surface area contributed by atoms with Crippen molar-refractivity contribution in [1.29, 1.82) is 5.26 Å². The van der Waals surface area contributed by atoms with Crippen LogP contribution in [0.1, 0.15) is 15.9 Å². The zero-order valence-corrected chi connectivity index (χ0v) is 12.2. The van der Waals surface area contributed by atoms with Crippen LogP contribution >= 0.6 is 15.9 Å². The molecule has 0 aliphatic heterocycles. The second-order valence-corrected chi connectivity index (χ2v) is 4.79. The number of hydrogen-bond acceptors (Lipinski definition) is 4. The number of halogens is 1. The number of hydrogen-bond donors (Lipinski definition) is 0. The lowest BCUT2D eigenvalue weighted by Gasteiger charge is -2.09. The van der Waals surface area contributed by atoms with Gasteiger partial charge in [0.25, 0.3) is 0 Å². The van der Waals surface area contributed by atoms with Crippen LogP contribution < -0.4 is 9.47 Å². The van der Waals surface area contributed by atoms with Crippen LogP contribution in [0.2, 0.25) is 0 Å². The fraction of sp³-hybridized carbons (Fsp3) is 0.0667. The standard InChI is InChI=1S/C15H10BrNO3/c1-19-14-8-10(9-17)2-7-13(14)20-15(18)11-3-5-12(16)6-4-11/h2-8H,1H3. The van der Waals surface area contributed by atoms with Crippen LogP contribution in [0.25, 0.3) is 0 Å². The first-order chi connectivity index (χ1) is 9.63. The minimum absolute atomic E-state index is 0.277. The summed E-state index contributed by atoms with van der Waals surface area (Å²) in [5.41, 5.74) is 0.866. The zero-order chi connectivity index (χ0) is 14.5. The molecule has 0 aromatic heterocycles. The van der Waals surface area contributed by atoms with Gasteiger partial charge in [-0.3, -0.25) is 0 Å². The van der Waals surface area contributed by atoms with Gasteiger partial charge in [0.2, 0.25) is 0 Å². The van der Waals surface area contributed by atoms with Gasteiger partial charge < -0.3 is 9.47 Å². The highest BCUT2D eigenvalue weighted by molar-refractivity contribution is 9.10. The molecule has 0 aliphatic carbocycles. The molecule has 20 heavy (non-hydrogen) atoms. The number of benzene rings is 2. The van der Waals surface area contributed by atoms with Crippen molar-refractivity contribution in [2.45, 2.75) is 0 Å². The Balaban J connectivity index is 2.23. The van der Waals surface area contributed by atoms with Crippen LogP contribution in [0.3, 0.4) is 0 Å². The summed E-state index contributed by atoms with van der Waals surface area (Å²) in [4.78, 5) is 12.0. The smallest absolute Gasteiger partial charge is 0.343 e. The van der Waals surface area contributed by atoms with Crippen molar-refractivity contribution in [3.8, 4) is 17.6 Å². The van der Waals surface area contributed by atoms with Crippen molar-refractivity contribution < 1.29 is 14.3 Å². The number of nitriles is 1. The molecule has 0 aliphatic rings. The van der Waals surface area contributed by atoms with Crippen molar-refractivity contribution in [2.75, 3.05) is 7.11 Å². The van der Waals surface area contributed by atoms with Crippen molar-refractivity contribution in [1.82, 2.24) is 0 Å². The number of carbonyl (C=O) groups excluding carboxylic acids is 1. The summed E-state index contributed by atoms with van der Waals surface area (Å²) < 4.78 is 11.3. The third kappa shape index (κ3) is 3.16. The molecule has 4 nitrogen and oxygen atoms in total. The van der Waals surface area contributed by atoms with E-state index in [9.17, 15) is 4.79 Å². The van der Waals surface area contributed by atoms with Crippen molar-refractivity contribution in [3.05, 3.63) is 58.1 Å². The molecule has 0 radical (unpaired) electrons. The van der Waals surface area contributed by atoms with Crippen LogP contribution in [-0.4, -0.2) is 13.1 Å². The molecule has 0 N–H and O–H groups in total. The third-order valence-electron chi connectivity index (χ3n) is 2.58. The van der Waals surface area contributed by atoms with Gasteiger partial charge >= 0.3 is 5.97 Å². The van der Waals surface area contributed by atoms with Gasteiger partial charge in [-0.2, -0.15) is 5.26 Å². The summed E-state index contributed by atoms with van der Waals surface area (Å²) >= 11 is 3.30. The van der Waals surface area contributed by atoms with Gasteiger partial charge in [0.15, 0.2) is 11.5 Å². The van der Waals surface area contributed by atoms with Crippen LogP contribution in [-0.2, 0) is 0 Å². The van der Waals surface area contributed by atoms with Crippen molar-refractivity contribution in [2.24, 2.45) is 0 Å². The average molecular weight is 332 g/mol. The van der Waals surface area contributed by atoms with Gasteiger partial charge in [0, 0.05) is 10.5 Å². The van der Waals surface area contributed by atoms with Crippen LogP contribution in [0.15, 0.2) is 46.9 Å². The molecule has 0 amide bonds. The lowest BCUT2D eigenvalue weighted by Crippen LogP contribution is -2.09. The number of carbonyl (C=O) groups is 1. The van der Waals surface area contributed by atoms with Crippen LogP contribution in [0.5, 0.6) is 11.5 Å². The molecule has 0 saturated carbocycles. The van der Waals surface area contributed by atoms with E-state index < -0.39 is 5.97 Å². The summed E-state index contributed by atoms with van der Waals surface area (Å²) in [6.45, 7) is 0. The molecular formula is C15H10BrNO3. The van der Waals surface area contributed by atoms with E-state index >= 15 is 0 Å². The first kappa shape index (κ1) is 14.1. The molecule has 2 aromatic rings. The van der Waals surface area contributed by atoms with E-state index in [0.717, 1.165) is 4.47 Å². The lowest BCUT2D eigenvalue weighted by molar-refractivity contribution is 0.0729. The Morgan fingerprint density at radius 1 is 1.15 bits per heavy atom. The SMILES string of the molecule is COc1cc(C#N)ccc1OC(=O)c1ccc(Br)cc1. The van der Waals surface area contributed by atoms with E-state index in [1.54, 1.807) is 30.3 Å². The molecule has 100 valence electrons. The highest BCUT2D eigenvalue weighted by Gasteiger charge is 2.12. The van der Waals surface area contributed by atoms with E-state index in [1.807, 2.05) is 6.07 Å². The Morgan fingerprint density at radius 3 is 2.45 bits per heavy atom. The minimum Gasteiger partial charge on any atom is -0.493 e. The number of esters is 1. The average Bonchev–Trinajstić information content (AvgIpc) is 2.48. The van der Waals surface area contributed by atoms with Gasteiger partial charge in [0.05, 0.1) is 24.3 Å². The lowest BCUT2D eigenvalue weighted by atomic mass is 10.2. The summed E-state index contributed by atoms with van der Waals surface area (Å²) in [7, 11) is 1.45. The second kappa shape index (κ2) is 6.22. The fourth-order valence-electron chi connectivity index (χ4n) is 1.57. The van der Waals surface area contributed by atoms with Gasteiger partial charge in [-0.15, -0.1) is 0 Å². The molecular weight excluding hydrogens is 322 g/mol. The third-order valence-corrected chi connectivity index (χ3v) is 3.10. The molecule has 0 bridgehead atoms. The molecule has 2 aromatic carbocycles. The molecule has 0 heterocycles. The normalized spacial score (nSPS) is 9.65. The molecule has 0 unspecified atom stereocenters. The zero-order valence-electron chi connectivity index (χ0n) is 10.6. The van der Waals surface area contributed by atoms with E-state index in [2.05, 4.69) is 15.9 Å². The number of nitrogens with zero attached hydrogens (tertiary/aromatic N) is 1.